The molecule has 0 aromatic heterocycles. The van der Waals surface area contributed by atoms with Crippen LogP contribution in [-0.4, -0.2) is 77.7 Å². The SMILES string of the molecule is CN(CCN1CCCC1)C(O)CNC1CCC(Cl)C(Cl)C1. The Kier molecular flexibility index (Phi) is 7.53. The van der Waals surface area contributed by atoms with Gasteiger partial charge >= 0.3 is 0 Å². The molecule has 0 aromatic carbocycles. The van der Waals surface area contributed by atoms with E-state index < -0.39 is 6.23 Å². The molecule has 0 aromatic rings. The van der Waals surface area contributed by atoms with Crippen LogP contribution in [0.5, 0.6) is 0 Å². The van der Waals surface area contributed by atoms with Gasteiger partial charge < -0.3 is 15.3 Å². The third-order valence-corrected chi connectivity index (χ3v) is 5.89. The molecule has 2 fully saturated rings. The van der Waals surface area contributed by atoms with E-state index in [2.05, 4.69) is 10.2 Å². The molecule has 2 aliphatic rings. The summed E-state index contributed by atoms with van der Waals surface area (Å²) in [6.45, 7) is 4.98. The first kappa shape index (κ1) is 17.8. The third kappa shape index (κ3) is 5.85. The van der Waals surface area contributed by atoms with Crippen LogP contribution in [-0.2, 0) is 0 Å². The van der Waals surface area contributed by atoms with Crippen molar-refractivity contribution in [2.75, 3.05) is 39.8 Å². The Balaban J connectivity index is 1.60. The van der Waals surface area contributed by atoms with Gasteiger partial charge in [0.1, 0.15) is 6.23 Å². The maximum Gasteiger partial charge on any atom is 0.119 e. The van der Waals surface area contributed by atoms with Crippen LogP contribution in [0.25, 0.3) is 0 Å². The molecule has 0 bridgehead atoms. The lowest BCUT2D eigenvalue weighted by atomic mass is 9.94. The Labute approximate surface area is 138 Å². The second-order valence-electron chi connectivity index (χ2n) is 6.46. The van der Waals surface area contributed by atoms with Crippen molar-refractivity contribution in [2.24, 2.45) is 0 Å². The minimum Gasteiger partial charge on any atom is -0.377 e. The van der Waals surface area contributed by atoms with Gasteiger partial charge in [0, 0.05) is 25.7 Å². The number of halogens is 2. The summed E-state index contributed by atoms with van der Waals surface area (Å²) in [6.07, 6.45) is 5.08. The lowest BCUT2D eigenvalue weighted by Crippen LogP contribution is -2.47. The average Bonchev–Trinajstić information content (AvgIpc) is 2.99. The van der Waals surface area contributed by atoms with Crippen LogP contribution in [0.1, 0.15) is 32.1 Å². The molecule has 4 unspecified atom stereocenters. The zero-order valence-electron chi connectivity index (χ0n) is 13.0. The highest BCUT2D eigenvalue weighted by atomic mass is 35.5. The van der Waals surface area contributed by atoms with Gasteiger partial charge in [-0.1, -0.05) is 0 Å². The lowest BCUT2D eigenvalue weighted by Gasteiger charge is -2.32. The van der Waals surface area contributed by atoms with Crippen molar-refractivity contribution < 1.29 is 5.11 Å². The summed E-state index contributed by atoms with van der Waals surface area (Å²) in [6, 6.07) is 0.379. The summed E-state index contributed by atoms with van der Waals surface area (Å²) >= 11 is 12.3. The molecule has 0 radical (unpaired) electrons. The predicted molar refractivity (Wildman–Crippen MR) is 89.2 cm³/mol. The smallest absolute Gasteiger partial charge is 0.119 e. The van der Waals surface area contributed by atoms with E-state index in [9.17, 15) is 5.11 Å². The largest absolute Gasteiger partial charge is 0.377 e. The van der Waals surface area contributed by atoms with Crippen molar-refractivity contribution >= 4 is 23.2 Å². The molecule has 0 spiro atoms. The maximum atomic E-state index is 10.2. The van der Waals surface area contributed by atoms with Crippen LogP contribution in [0.15, 0.2) is 0 Å². The van der Waals surface area contributed by atoms with Gasteiger partial charge in [-0.15, -0.1) is 23.2 Å². The first-order valence-corrected chi connectivity index (χ1v) is 9.05. The number of rotatable bonds is 7. The monoisotopic (exact) mass is 337 g/mol. The molecule has 1 aliphatic heterocycles. The lowest BCUT2D eigenvalue weighted by molar-refractivity contribution is 0.0159. The van der Waals surface area contributed by atoms with E-state index in [0.717, 1.165) is 32.4 Å². The van der Waals surface area contributed by atoms with Gasteiger partial charge in [-0.25, -0.2) is 0 Å². The molecular weight excluding hydrogens is 309 g/mol. The standard InChI is InChI=1S/C15H29Cl2N3O/c1-19(8-9-20-6-2-3-7-20)15(21)11-18-12-4-5-13(16)14(17)10-12/h12-15,18,21H,2-11H2,1H3. The van der Waals surface area contributed by atoms with Gasteiger partial charge in [0.05, 0.1) is 10.8 Å². The summed E-state index contributed by atoms with van der Waals surface area (Å²) in [4.78, 5) is 4.49. The van der Waals surface area contributed by atoms with E-state index in [1.807, 2.05) is 11.9 Å². The number of hydrogen-bond donors (Lipinski definition) is 2. The highest BCUT2D eigenvalue weighted by Gasteiger charge is 2.27. The topological polar surface area (TPSA) is 38.7 Å². The van der Waals surface area contributed by atoms with Gasteiger partial charge in [0.2, 0.25) is 0 Å². The molecule has 21 heavy (non-hydrogen) atoms. The molecule has 6 heteroatoms. The highest BCUT2D eigenvalue weighted by molar-refractivity contribution is 6.30. The first-order valence-electron chi connectivity index (χ1n) is 8.18. The Morgan fingerprint density at radius 1 is 1.24 bits per heavy atom. The fourth-order valence-corrected chi connectivity index (χ4v) is 3.72. The van der Waals surface area contributed by atoms with Crippen LogP contribution >= 0.6 is 23.2 Å². The second kappa shape index (κ2) is 8.90. The summed E-state index contributed by atoms with van der Waals surface area (Å²) in [7, 11) is 1.99. The number of nitrogens with zero attached hydrogens (tertiary/aromatic N) is 2. The van der Waals surface area contributed by atoms with Gasteiger partial charge in [-0.2, -0.15) is 0 Å². The number of alkyl halides is 2. The van der Waals surface area contributed by atoms with Crippen LogP contribution in [0.4, 0.5) is 0 Å². The molecular formula is C15H29Cl2N3O. The van der Waals surface area contributed by atoms with E-state index in [0.29, 0.717) is 12.6 Å². The number of hydrogen-bond acceptors (Lipinski definition) is 4. The fraction of sp³-hybridized carbons (Fsp3) is 1.00. The zero-order chi connectivity index (χ0) is 15.2. The summed E-state index contributed by atoms with van der Waals surface area (Å²) in [5.41, 5.74) is 0. The molecule has 1 saturated carbocycles. The number of likely N-dealkylation sites (N-methyl/N-ethyl adjacent to an activating group) is 1. The number of likely N-dealkylation sites (tertiary alicyclic amines) is 1. The molecule has 2 rings (SSSR count). The van der Waals surface area contributed by atoms with E-state index in [4.69, 9.17) is 23.2 Å². The minimum absolute atomic E-state index is 0.0444. The quantitative estimate of drug-likeness (QED) is 0.547. The minimum atomic E-state index is -0.435. The summed E-state index contributed by atoms with van der Waals surface area (Å²) in [5, 5.41) is 13.8. The van der Waals surface area contributed by atoms with Gasteiger partial charge in [-0.05, 0) is 52.2 Å². The van der Waals surface area contributed by atoms with E-state index in [-0.39, 0.29) is 10.8 Å². The third-order valence-electron chi connectivity index (χ3n) is 4.76. The Hall–Kier alpha value is 0.420. The van der Waals surface area contributed by atoms with Crippen LogP contribution < -0.4 is 5.32 Å². The number of aliphatic hydroxyl groups excluding tert-OH is 1. The summed E-state index contributed by atoms with van der Waals surface area (Å²) in [5.74, 6) is 0. The number of aliphatic hydroxyl groups is 1. The molecule has 124 valence electrons. The van der Waals surface area contributed by atoms with Crippen molar-refractivity contribution in [3.05, 3.63) is 0 Å². The average molecular weight is 338 g/mol. The molecule has 1 saturated heterocycles. The van der Waals surface area contributed by atoms with Crippen molar-refractivity contribution in [2.45, 2.75) is 55.1 Å². The zero-order valence-corrected chi connectivity index (χ0v) is 14.5. The fourth-order valence-electron chi connectivity index (χ4n) is 3.15. The van der Waals surface area contributed by atoms with Gasteiger partial charge in [0.25, 0.3) is 0 Å². The van der Waals surface area contributed by atoms with E-state index >= 15 is 0 Å². The highest BCUT2D eigenvalue weighted by Crippen LogP contribution is 2.27. The van der Waals surface area contributed by atoms with Gasteiger partial charge in [0.15, 0.2) is 0 Å². The number of nitrogens with one attached hydrogen (secondary N) is 1. The predicted octanol–water partition coefficient (Wildman–Crippen LogP) is 1.69. The Bertz CT molecular complexity index is 303. The molecule has 1 aliphatic carbocycles. The van der Waals surface area contributed by atoms with E-state index in [1.165, 1.54) is 25.9 Å². The second-order valence-corrected chi connectivity index (χ2v) is 7.58. The van der Waals surface area contributed by atoms with Crippen LogP contribution in [0.2, 0.25) is 0 Å². The van der Waals surface area contributed by atoms with Crippen molar-refractivity contribution in [1.82, 2.24) is 15.1 Å². The maximum absolute atomic E-state index is 10.2. The van der Waals surface area contributed by atoms with Crippen molar-refractivity contribution in [1.29, 1.82) is 0 Å². The Morgan fingerprint density at radius 2 is 1.95 bits per heavy atom. The molecule has 4 nitrogen and oxygen atoms in total. The normalized spacial score (nSPS) is 32.7. The van der Waals surface area contributed by atoms with Gasteiger partial charge in [-0.3, -0.25) is 4.90 Å². The van der Waals surface area contributed by atoms with E-state index in [1.54, 1.807) is 0 Å². The van der Waals surface area contributed by atoms with Crippen LogP contribution in [0, 0.1) is 0 Å². The first-order chi connectivity index (χ1) is 10.1. The Morgan fingerprint density at radius 3 is 2.62 bits per heavy atom. The van der Waals surface area contributed by atoms with Crippen LogP contribution in [0.3, 0.4) is 0 Å². The summed E-state index contributed by atoms with van der Waals surface area (Å²) < 4.78 is 0. The van der Waals surface area contributed by atoms with Crippen molar-refractivity contribution in [3.63, 3.8) is 0 Å². The molecule has 1 heterocycles. The molecule has 2 N–H and O–H groups in total. The van der Waals surface area contributed by atoms with Crippen molar-refractivity contribution in [3.8, 4) is 0 Å². The molecule has 4 atom stereocenters. The molecule has 0 amide bonds.